The molecule has 102 valence electrons. The number of hydrogen-bond donors (Lipinski definition) is 2. The summed E-state index contributed by atoms with van der Waals surface area (Å²) >= 11 is 0. The van der Waals surface area contributed by atoms with Crippen molar-refractivity contribution in [3.8, 4) is 5.75 Å². The van der Waals surface area contributed by atoms with E-state index in [4.69, 9.17) is 15.3 Å². The Bertz CT molecular complexity index is 367. The van der Waals surface area contributed by atoms with Crippen molar-refractivity contribution in [2.45, 2.75) is 38.3 Å². The lowest BCUT2D eigenvalue weighted by Crippen LogP contribution is -2.31. The molecule has 1 rings (SSSR count). The first kappa shape index (κ1) is 15.0. The van der Waals surface area contributed by atoms with E-state index in [1.54, 1.807) is 14.2 Å². The Morgan fingerprint density at radius 3 is 2.61 bits per heavy atom. The van der Waals surface area contributed by atoms with Crippen LogP contribution in [0.1, 0.15) is 38.3 Å². The van der Waals surface area contributed by atoms with E-state index < -0.39 is 0 Å². The van der Waals surface area contributed by atoms with E-state index in [1.165, 1.54) is 0 Å². The highest BCUT2D eigenvalue weighted by Crippen LogP contribution is 2.26. The van der Waals surface area contributed by atoms with Crippen molar-refractivity contribution in [1.82, 2.24) is 5.43 Å². The monoisotopic (exact) mass is 252 g/mol. The Kier molecular flexibility index (Phi) is 5.59. The van der Waals surface area contributed by atoms with E-state index in [9.17, 15) is 0 Å². The largest absolute Gasteiger partial charge is 0.497 e. The summed E-state index contributed by atoms with van der Waals surface area (Å²) in [5.41, 5.74) is 3.85. The van der Waals surface area contributed by atoms with Crippen molar-refractivity contribution in [2.75, 3.05) is 14.2 Å². The van der Waals surface area contributed by atoms with Crippen LogP contribution >= 0.6 is 0 Å². The van der Waals surface area contributed by atoms with E-state index in [0.29, 0.717) is 0 Å². The predicted molar refractivity (Wildman–Crippen MR) is 73.4 cm³/mol. The van der Waals surface area contributed by atoms with Gasteiger partial charge in [0.15, 0.2) is 0 Å². The number of nitrogens with one attached hydrogen (secondary N) is 1. The van der Waals surface area contributed by atoms with Gasteiger partial charge in [0.1, 0.15) is 5.75 Å². The summed E-state index contributed by atoms with van der Waals surface area (Å²) in [5, 5.41) is 0. The second kappa shape index (κ2) is 6.73. The minimum absolute atomic E-state index is 0.106. The maximum atomic E-state index is 5.64. The molecule has 0 spiro atoms. The van der Waals surface area contributed by atoms with Crippen LogP contribution in [0.2, 0.25) is 0 Å². The second-order valence-corrected chi connectivity index (χ2v) is 5.00. The first-order chi connectivity index (χ1) is 8.52. The third kappa shape index (κ3) is 4.29. The van der Waals surface area contributed by atoms with Crippen molar-refractivity contribution in [1.29, 1.82) is 0 Å². The molecule has 0 radical (unpaired) electrons. The van der Waals surface area contributed by atoms with Crippen LogP contribution in [0, 0.1) is 0 Å². The fraction of sp³-hybridized carbons (Fsp3) is 0.571. The third-order valence-corrected chi connectivity index (χ3v) is 3.29. The molecule has 0 heterocycles. The van der Waals surface area contributed by atoms with Gasteiger partial charge in [-0.1, -0.05) is 12.1 Å². The van der Waals surface area contributed by atoms with Gasteiger partial charge in [0.25, 0.3) is 0 Å². The zero-order valence-corrected chi connectivity index (χ0v) is 11.7. The minimum Gasteiger partial charge on any atom is -0.497 e. The van der Waals surface area contributed by atoms with Gasteiger partial charge in [-0.05, 0) is 44.4 Å². The molecule has 1 aromatic rings. The summed E-state index contributed by atoms with van der Waals surface area (Å²) in [5.74, 6) is 6.48. The Morgan fingerprint density at radius 1 is 1.33 bits per heavy atom. The molecule has 1 atom stereocenters. The molecule has 1 unspecified atom stereocenters. The topological polar surface area (TPSA) is 56.5 Å². The Labute approximate surface area is 109 Å². The van der Waals surface area contributed by atoms with E-state index in [-0.39, 0.29) is 11.6 Å². The number of nitrogens with two attached hydrogens (primary N) is 1. The molecule has 0 fully saturated rings. The quantitative estimate of drug-likeness (QED) is 0.578. The van der Waals surface area contributed by atoms with Crippen molar-refractivity contribution in [3.05, 3.63) is 29.8 Å². The van der Waals surface area contributed by atoms with Crippen LogP contribution in [-0.2, 0) is 4.74 Å². The molecule has 1 aromatic carbocycles. The van der Waals surface area contributed by atoms with Crippen LogP contribution in [-0.4, -0.2) is 19.8 Å². The van der Waals surface area contributed by atoms with E-state index in [0.717, 1.165) is 24.2 Å². The molecule has 0 aromatic heterocycles. The Morgan fingerprint density at radius 2 is 2.06 bits per heavy atom. The SMILES string of the molecule is COc1cccc(C(CCC(C)(C)OC)NN)c1. The predicted octanol–water partition coefficient (Wildman–Crippen LogP) is 2.40. The fourth-order valence-electron chi connectivity index (χ4n) is 1.80. The number of ether oxygens (including phenoxy) is 2. The van der Waals surface area contributed by atoms with E-state index >= 15 is 0 Å². The van der Waals surface area contributed by atoms with Crippen LogP contribution in [0.15, 0.2) is 24.3 Å². The highest BCUT2D eigenvalue weighted by Gasteiger charge is 2.19. The second-order valence-electron chi connectivity index (χ2n) is 5.00. The number of rotatable bonds is 7. The van der Waals surface area contributed by atoms with Crippen molar-refractivity contribution in [2.24, 2.45) is 5.84 Å². The molecule has 0 bridgehead atoms. The van der Waals surface area contributed by atoms with Crippen molar-refractivity contribution < 1.29 is 9.47 Å². The van der Waals surface area contributed by atoms with Crippen LogP contribution in [0.3, 0.4) is 0 Å². The number of hydrazine groups is 1. The first-order valence-electron chi connectivity index (χ1n) is 6.17. The summed E-state index contributed by atoms with van der Waals surface area (Å²) in [7, 11) is 3.40. The smallest absolute Gasteiger partial charge is 0.119 e. The summed E-state index contributed by atoms with van der Waals surface area (Å²) < 4.78 is 10.6. The molecule has 3 N–H and O–H groups in total. The summed E-state index contributed by atoms with van der Waals surface area (Å²) in [6.45, 7) is 4.15. The van der Waals surface area contributed by atoms with Gasteiger partial charge >= 0.3 is 0 Å². The lowest BCUT2D eigenvalue weighted by Gasteiger charge is -2.26. The van der Waals surface area contributed by atoms with Crippen molar-refractivity contribution in [3.63, 3.8) is 0 Å². The lowest BCUT2D eigenvalue weighted by molar-refractivity contribution is 0.0117. The molecule has 0 amide bonds. The van der Waals surface area contributed by atoms with Gasteiger partial charge in [-0.2, -0.15) is 0 Å². The zero-order chi connectivity index (χ0) is 13.6. The summed E-state index contributed by atoms with van der Waals surface area (Å²) in [6, 6.07) is 8.06. The molecule has 0 aliphatic rings. The molecule has 0 saturated heterocycles. The van der Waals surface area contributed by atoms with Gasteiger partial charge in [-0.15, -0.1) is 0 Å². The molecule has 18 heavy (non-hydrogen) atoms. The highest BCUT2D eigenvalue weighted by molar-refractivity contribution is 5.30. The maximum absolute atomic E-state index is 5.64. The maximum Gasteiger partial charge on any atom is 0.119 e. The number of methoxy groups -OCH3 is 2. The Hall–Kier alpha value is -1.10. The zero-order valence-electron chi connectivity index (χ0n) is 11.7. The van der Waals surface area contributed by atoms with Crippen LogP contribution in [0.5, 0.6) is 5.75 Å². The summed E-state index contributed by atoms with van der Waals surface area (Å²) in [4.78, 5) is 0. The van der Waals surface area contributed by atoms with Gasteiger partial charge in [0, 0.05) is 13.2 Å². The number of benzene rings is 1. The first-order valence-corrected chi connectivity index (χ1v) is 6.17. The Balaban J connectivity index is 2.70. The van der Waals surface area contributed by atoms with Gasteiger partial charge in [-0.3, -0.25) is 11.3 Å². The summed E-state index contributed by atoms with van der Waals surface area (Å²) in [6.07, 6.45) is 1.83. The van der Waals surface area contributed by atoms with Crippen LogP contribution in [0.4, 0.5) is 0 Å². The van der Waals surface area contributed by atoms with Gasteiger partial charge in [0.05, 0.1) is 12.7 Å². The van der Waals surface area contributed by atoms with Crippen LogP contribution in [0.25, 0.3) is 0 Å². The minimum atomic E-state index is -0.131. The molecule has 0 aliphatic heterocycles. The van der Waals surface area contributed by atoms with Crippen LogP contribution < -0.4 is 16.0 Å². The lowest BCUT2D eigenvalue weighted by atomic mass is 9.95. The third-order valence-electron chi connectivity index (χ3n) is 3.29. The van der Waals surface area contributed by atoms with Crippen molar-refractivity contribution >= 4 is 0 Å². The van der Waals surface area contributed by atoms with Gasteiger partial charge in [0.2, 0.25) is 0 Å². The highest BCUT2D eigenvalue weighted by atomic mass is 16.5. The van der Waals surface area contributed by atoms with Gasteiger partial charge < -0.3 is 9.47 Å². The van der Waals surface area contributed by atoms with E-state index in [2.05, 4.69) is 19.3 Å². The molecule has 4 heteroatoms. The van der Waals surface area contributed by atoms with Gasteiger partial charge in [-0.25, -0.2) is 0 Å². The average molecular weight is 252 g/mol. The number of hydrogen-bond acceptors (Lipinski definition) is 4. The average Bonchev–Trinajstić information content (AvgIpc) is 2.39. The standard InChI is InChI=1S/C14H24N2O2/c1-14(2,18-4)9-8-13(16-15)11-6-5-7-12(10-11)17-3/h5-7,10,13,16H,8-9,15H2,1-4H3. The molecular formula is C14H24N2O2. The normalized spacial score (nSPS) is 13.4. The fourth-order valence-corrected chi connectivity index (χ4v) is 1.80. The molecule has 0 saturated carbocycles. The molecule has 4 nitrogen and oxygen atoms in total. The van der Waals surface area contributed by atoms with E-state index in [1.807, 2.05) is 24.3 Å². The molecular weight excluding hydrogens is 228 g/mol. The molecule has 0 aliphatic carbocycles.